The number of nitrogens with one attached hydrogen (secondary N) is 1. The number of halogens is 1. The number of hydrogen-bond acceptors (Lipinski definition) is 4. The summed E-state index contributed by atoms with van der Waals surface area (Å²) in [5.41, 5.74) is 0.679. The summed E-state index contributed by atoms with van der Waals surface area (Å²) in [6.07, 6.45) is 0. The second-order valence-electron chi connectivity index (χ2n) is 9.20. The van der Waals surface area contributed by atoms with Gasteiger partial charge in [0, 0.05) is 30.7 Å². The highest BCUT2D eigenvalue weighted by Gasteiger charge is 2.33. The molecule has 0 heterocycles. The van der Waals surface area contributed by atoms with Gasteiger partial charge in [0.2, 0.25) is 11.8 Å². The number of carbonyl (C=O) groups is 2. The molecule has 0 fully saturated rings. The van der Waals surface area contributed by atoms with Crippen LogP contribution in [0.25, 0.3) is 0 Å². The van der Waals surface area contributed by atoms with Crippen LogP contribution in [0, 0.1) is 0 Å². The number of nitrogens with zero attached hydrogens (tertiary/aromatic N) is 3. The van der Waals surface area contributed by atoms with Crippen LogP contribution in [0.5, 0.6) is 0 Å². The zero-order chi connectivity index (χ0) is 25.7. The summed E-state index contributed by atoms with van der Waals surface area (Å²) in [7, 11) is -1.14. The molecule has 0 saturated heterocycles. The predicted octanol–water partition coefficient (Wildman–Crippen LogP) is 3.39. The maximum atomic E-state index is 13.6. The molecule has 8 nitrogen and oxygen atoms in total. The molecule has 186 valence electrons. The Hall–Kier alpha value is -2.43. The maximum absolute atomic E-state index is 13.6. The first-order valence-corrected chi connectivity index (χ1v) is 13.0. The third kappa shape index (κ3) is 7.54. The van der Waals surface area contributed by atoms with Gasteiger partial charge in [-0.1, -0.05) is 46.3 Å². The van der Waals surface area contributed by atoms with Gasteiger partial charge < -0.3 is 10.2 Å². The molecule has 2 rings (SSSR count). The van der Waals surface area contributed by atoms with Crippen LogP contribution >= 0.6 is 15.9 Å². The summed E-state index contributed by atoms with van der Waals surface area (Å²) >= 11 is 3.43. The normalized spacial score (nSPS) is 12.8. The molecule has 0 aliphatic carbocycles. The van der Waals surface area contributed by atoms with E-state index in [1.807, 2.05) is 45.0 Å². The van der Waals surface area contributed by atoms with Crippen LogP contribution < -0.4 is 9.62 Å². The standard InChI is InChI=1S/C24H33BrN4O4S/c1-18(23(31)26-24(2,3)4)28(16-19-11-10-12-20(25)15-19)22(30)17-29(34(32,33)27(5)6)21-13-8-7-9-14-21/h7-15,18H,16-17H2,1-6H3,(H,26,31). The van der Waals surface area contributed by atoms with Gasteiger partial charge in [0.05, 0.1) is 5.69 Å². The van der Waals surface area contributed by atoms with E-state index in [0.29, 0.717) is 5.69 Å². The molecule has 1 unspecified atom stereocenters. The van der Waals surface area contributed by atoms with E-state index in [1.165, 1.54) is 19.0 Å². The van der Waals surface area contributed by atoms with E-state index in [4.69, 9.17) is 0 Å². The zero-order valence-corrected chi connectivity index (χ0v) is 22.9. The van der Waals surface area contributed by atoms with Crippen LogP contribution in [0.4, 0.5) is 5.69 Å². The highest BCUT2D eigenvalue weighted by atomic mass is 79.9. The van der Waals surface area contributed by atoms with Crippen LogP contribution in [0.3, 0.4) is 0 Å². The summed E-state index contributed by atoms with van der Waals surface area (Å²) in [6, 6.07) is 15.0. The van der Waals surface area contributed by atoms with Crippen LogP contribution in [0.2, 0.25) is 0 Å². The SMILES string of the molecule is CC(C(=O)NC(C)(C)C)N(Cc1cccc(Br)c1)C(=O)CN(c1ccccc1)S(=O)(=O)N(C)C. The van der Waals surface area contributed by atoms with E-state index in [9.17, 15) is 18.0 Å². The van der Waals surface area contributed by atoms with Crippen molar-refractivity contribution in [2.75, 3.05) is 24.9 Å². The molecule has 1 N–H and O–H groups in total. The van der Waals surface area contributed by atoms with Gasteiger partial charge in [-0.3, -0.25) is 9.59 Å². The molecule has 0 radical (unpaired) electrons. The number of benzene rings is 2. The van der Waals surface area contributed by atoms with E-state index in [1.54, 1.807) is 37.3 Å². The quantitative estimate of drug-likeness (QED) is 0.516. The van der Waals surface area contributed by atoms with Crippen LogP contribution in [0.1, 0.15) is 33.3 Å². The summed E-state index contributed by atoms with van der Waals surface area (Å²) < 4.78 is 29.1. The minimum Gasteiger partial charge on any atom is -0.350 e. The van der Waals surface area contributed by atoms with Gasteiger partial charge in [-0.15, -0.1) is 0 Å². The second kappa shape index (κ2) is 11.3. The Kier molecular flexibility index (Phi) is 9.27. The van der Waals surface area contributed by atoms with Gasteiger partial charge in [-0.05, 0) is 57.5 Å². The number of hydrogen-bond donors (Lipinski definition) is 1. The lowest BCUT2D eigenvalue weighted by atomic mass is 10.1. The minimum atomic E-state index is -3.96. The Balaban J connectivity index is 2.44. The average Bonchev–Trinajstić information content (AvgIpc) is 2.74. The van der Waals surface area contributed by atoms with Crippen molar-refractivity contribution < 1.29 is 18.0 Å². The molecule has 0 spiro atoms. The Morgan fingerprint density at radius 2 is 1.65 bits per heavy atom. The van der Waals surface area contributed by atoms with Crippen molar-refractivity contribution in [3.8, 4) is 0 Å². The Morgan fingerprint density at radius 3 is 2.18 bits per heavy atom. The third-order valence-corrected chi connectivity index (χ3v) is 7.28. The maximum Gasteiger partial charge on any atom is 0.304 e. The van der Waals surface area contributed by atoms with Crippen LogP contribution in [-0.4, -0.2) is 61.7 Å². The van der Waals surface area contributed by atoms with Crippen molar-refractivity contribution in [3.05, 3.63) is 64.6 Å². The molecule has 1 atom stereocenters. The van der Waals surface area contributed by atoms with Gasteiger partial charge in [0.25, 0.3) is 0 Å². The first kappa shape index (κ1) is 27.8. The lowest BCUT2D eigenvalue weighted by Crippen LogP contribution is -2.54. The summed E-state index contributed by atoms with van der Waals surface area (Å²) in [6.45, 7) is 6.91. The van der Waals surface area contributed by atoms with Crippen molar-refractivity contribution in [3.63, 3.8) is 0 Å². The first-order valence-electron chi connectivity index (χ1n) is 10.8. The smallest absolute Gasteiger partial charge is 0.304 e. The summed E-state index contributed by atoms with van der Waals surface area (Å²) in [5, 5.41) is 2.90. The van der Waals surface area contributed by atoms with Crippen molar-refractivity contribution >= 4 is 43.6 Å². The van der Waals surface area contributed by atoms with Crippen molar-refractivity contribution in [2.45, 2.75) is 45.8 Å². The molecule has 2 aromatic carbocycles. The summed E-state index contributed by atoms with van der Waals surface area (Å²) in [5.74, 6) is -0.816. The Bertz CT molecular complexity index is 1100. The number of amides is 2. The van der Waals surface area contributed by atoms with E-state index < -0.39 is 34.2 Å². The van der Waals surface area contributed by atoms with Crippen LogP contribution in [0.15, 0.2) is 59.1 Å². The number of carbonyl (C=O) groups excluding carboxylic acids is 2. The highest BCUT2D eigenvalue weighted by molar-refractivity contribution is 9.10. The topological polar surface area (TPSA) is 90.0 Å². The van der Waals surface area contributed by atoms with E-state index >= 15 is 0 Å². The molecule has 0 aromatic heterocycles. The monoisotopic (exact) mass is 552 g/mol. The van der Waals surface area contributed by atoms with Gasteiger partial charge in [0.1, 0.15) is 12.6 Å². The predicted molar refractivity (Wildman–Crippen MR) is 138 cm³/mol. The van der Waals surface area contributed by atoms with Gasteiger partial charge in [-0.2, -0.15) is 12.7 Å². The number of para-hydroxylation sites is 1. The molecule has 0 aliphatic heterocycles. The molecular formula is C24H33BrN4O4S. The lowest BCUT2D eigenvalue weighted by Gasteiger charge is -2.34. The fourth-order valence-corrected chi connectivity index (χ4v) is 4.70. The van der Waals surface area contributed by atoms with E-state index in [-0.39, 0.29) is 12.5 Å². The van der Waals surface area contributed by atoms with Crippen LogP contribution in [-0.2, 0) is 26.3 Å². The van der Waals surface area contributed by atoms with E-state index in [0.717, 1.165) is 18.6 Å². The molecule has 0 saturated carbocycles. The van der Waals surface area contributed by atoms with Crippen molar-refractivity contribution in [2.24, 2.45) is 0 Å². The molecule has 0 aliphatic rings. The molecule has 10 heteroatoms. The molecular weight excluding hydrogens is 520 g/mol. The highest BCUT2D eigenvalue weighted by Crippen LogP contribution is 2.21. The van der Waals surface area contributed by atoms with Gasteiger partial charge >= 0.3 is 10.2 Å². The molecule has 34 heavy (non-hydrogen) atoms. The Labute approximate surface area is 211 Å². The van der Waals surface area contributed by atoms with Crippen molar-refractivity contribution in [1.29, 1.82) is 0 Å². The fraction of sp³-hybridized carbons (Fsp3) is 0.417. The lowest BCUT2D eigenvalue weighted by molar-refractivity contribution is -0.140. The summed E-state index contributed by atoms with van der Waals surface area (Å²) in [4.78, 5) is 28.0. The fourth-order valence-electron chi connectivity index (χ4n) is 3.20. The number of anilines is 1. The van der Waals surface area contributed by atoms with Gasteiger partial charge in [-0.25, -0.2) is 4.31 Å². The zero-order valence-electron chi connectivity index (χ0n) is 20.4. The molecule has 2 amide bonds. The largest absolute Gasteiger partial charge is 0.350 e. The average molecular weight is 554 g/mol. The third-order valence-electron chi connectivity index (χ3n) is 4.97. The van der Waals surface area contributed by atoms with Gasteiger partial charge in [0.15, 0.2) is 0 Å². The minimum absolute atomic E-state index is 0.141. The Morgan fingerprint density at radius 1 is 1.03 bits per heavy atom. The first-order chi connectivity index (χ1) is 15.7. The second-order valence-corrected chi connectivity index (χ2v) is 12.2. The molecule has 2 aromatic rings. The van der Waals surface area contributed by atoms with E-state index in [2.05, 4.69) is 21.2 Å². The molecule has 0 bridgehead atoms. The number of rotatable bonds is 9. The van der Waals surface area contributed by atoms with Crippen molar-refractivity contribution in [1.82, 2.24) is 14.5 Å².